The fraction of sp³-hybridized carbons (Fsp3) is 0.250. The lowest BCUT2D eigenvalue weighted by Crippen LogP contribution is -2.56. The number of likely N-dealkylation sites (N-methyl/N-ethyl adjacent to an activating group) is 1. The van der Waals surface area contributed by atoms with Crippen LogP contribution in [0.1, 0.15) is 27.7 Å². The molecule has 1 aliphatic heterocycles. The van der Waals surface area contributed by atoms with E-state index in [0.717, 1.165) is 11.1 Å². The lowest BCUT2D eigenvalue weighted by Gasteiger charge is -2.44. The summed E-state index contributed by atoms with van der Waals surface area (Å²) in [4.78, 5) is 29.0. The molecule has 1 aromatic heterocycles. The molecule has 0 aliphatic carbocycles. The van der Waals surface area contributed by atoms with E-state index in [1.54, 1.807) is 15.8 Å². The van der Waals surface area contributed by atoms with E-state index in [4.69, 9.17) is 0 Å². The average molecular weight is 418 g/mol. The smallest absolute Gasteiger partial charge is 0.277 e. The molecular formula is C24H26N4O3. The fourth-order valence-corrected chi connectivity index (χ4v) is 3.89. The number of hydrogen-bond acceptors (Lipinski definition) is 5. The van der Waals surface area contributed by atoms with Crippen LogP contribution in [0, 0.1) is 0 Å². The van der Waals surface area contributed by atoms with E-state index >= 15 is 0 Å². The highest BCUT2D eigenvalue weighted by Gasteiger charge is 2.36. The molecule has 0 atom stereocenters. The Kier molecular flexibility index (Phi) is 5.77. The van der Waals surface area contributed by atoms with Crippen molar-refractivity contribution in [3.63, 3.8) is 0 Å². The summed E-state index contributed by atoms with van der Waals surface area (Å²) >= 11 is 0. The van der Waals surface area contributed by atoms with Gasteiger partial charge in [-0.05, 0) is 25.2 Å². The summed E-state index contributed by atoms with van der Waals surface area (Å²) in [5.41, 5.74) is 1.51. The van der Waals surface area contributed by atoms with Gasteiger partial charge in [0.2, 0.25) is 5.43 Å². The predicted octanol–water partition coefficient (Wildman–Crippen LogP) is 2.26. The summed E-state index contributed by atoms with van der Waals surface area (Å²) in [5.74, 6) is -0.875. The van der Waals surface area contributed by atoms with Crippen molar-refractivity contribution in [1.29, 1.82) is 0 Å². The Morgan fingerprint density at radius 1 is 0.935 bits per heavy atom. The van der Waals surface area contributed by atoms with E-state index in [1.807, 2.05) is 84.7 Å². The predicted molar refractivity (Wildman–Crippen MR) is 120 cm³/mol. The van der Waals surface area contributed by atoms with Crippen LogP contribution in [0.2, 0.25) is 0 Å². The molecule has 0 unspecified atom stereocenters. The van der Waals surface area contributed by atoms with E-state index in [2.05, 4.69) is 0 Å². The number of nitrogens with zero attached hydrogens (tertiary/aromatic N) is 4. The third kappa shape index (κ3) is 4.04. The van der Waals surface area contributed by atoms with Crippen LogP contribution in [-0.4, -0.2) is 59.3 Å². The molecule has 0 saturated carbocycles. The zero-order chi connectivity index (χ0) is 22.0. The number of aromatic hydroxyl groups is 1. The van der Waals surface area contributed by atoms with Gasteiger partial charge in [-0.25, -0.2) is 0 Å². The van der Waals surface area contributed by atoms with Crippen LogP contribution in [0.15, 0.2) is 77.7 Å². The Balaban J connectivity index is 1.88. The maximum Gasteiger partial charge on any atom is 0.277 e. The molecule has 0 spiro atoms. The third-order valence-corrected chi connectivity index (χ3v) is 5.48. The Labute approximate surface area is 181 Å². The van der Waals surface area contributed by atoms with Crippen LogP contribution in [0.3, 0.4) is 0 Å². The molecule has 1 amide bonds. The third-order valence-electron chi connectivity index (χ3n) is 5.48. The van der Waals surface area contributed by atoms with Crippen molar-refractivity contribution in [2.24, 2.45) is 0 Å². The Hall–Kier alpha value is -3.58. The number of aromatic nitrogens is 1. The first-order valence-electron chi connectivity index (χ1n) is 10.2. The van der Waals surface area contributed by atoms with Gasteiger partial charge in [-0.1, -0.05) is 60.7 Å². The second-order valence-corrected chi connectivity index (χ2v) is 7.90. The van der Waals surface area contributed by atoms with Crippen LogP contribution in [-0.2, 0) is 0 Å². The van der Waals surface area contributed by atoms with Gasteiger partial charge in [0.15, 0.2) is 11.4 Å². The maximum atomic E-state index is 13.2. The van der Waals surface area contributed by atoms with Gasteiger partial charge in [-0.2, -0.15) is 0 Å². The molecule has 0 bridgehead atoms. The lowest BCUT2D eigenvalue weighted by atomic mass is 9.98. The minimum atomic E-state index is -0.565. The Morgan fingerprint density at radius 3 is 2.06 bits per heavy atom. The van der Waals surface area contributed by atoms with Crippen LogP contribution < -0.4 is 10.4 Å². The lowest BCUT2D eigenvalue weighted by molar-refractivity contribution is 0.0668. The van der Waals surface area contributed by atoms with Crippen molar-refractivity contribution in [3.8, 4) is 5.75 Å². The van der Waals surface area contributed by atoms with Gasteiger partial charge < -0.3 is 14.9 Å². The topological polar surface area (TPSA) is 69.0 Å². The van der Waals surface area contributed by atoms with Gasteiger partial charge in [0.25, 0.3) is 5.91 Å². The molecule has 0 radical (unpaired) electrons. The van der Waals surface area contributed by atoms with Gasteiger partial charge >= 0.3 is 0 Å². The summed E-state index contributed by atoms with van der Waals surface area (Å²) in [6.45, 7) is 1.45. The molecule has 2 aromatic carbocycles. The summed E-state index contributed by atoms with van der Waals surface area (Å²) < 4.78 is 1.62. The quantitative estimate of drug-likeness (QED) is 0.665. The number of carbonyl (C=O) groups is 1. The minimum Gasteiger partial charge on any atom is -0.502 e. The molecule has 2 heterocycles. The number of rotatable bonds is 6. The zero-order valence-electron chi connectivity index (χ0n) is 17.7. The van der Waals surface area contributed by atoms with Crippen molar-refractivity contribution >= 4 is 5.91 Å². The van der Waals surface area contributed by atoms with E-state index in [1.165, 1.54) is 6.07 Å². The highest BCUT2D eigenvalue weighted by Crippen LogP contribution is 2.31. The van der Waals surface area contributed by atoms with Crippen molar-refractivity contribution in [2.75, 3.05) is 38.9 Å². The number of pyridine rings is 1. The summed E-state index contributed by atoms with van der Waals surface area (Å²) in [5, 5.41) is 12.5. The largest absolute Gasteiger partial charge is 0.502 e. The number of fused-ring (bicyclic) bond motifs is 1. The van der Waals surface area contributed by atoms with Crippen molar-refractivity contribution in [3.05, 3.63) is 100.0 Å². The van der Waals surface area contributed by atoms with Gasteiger partial charge in [0.1, 0.15) is 6.67 Å². The molecule has 160 valence electrons. The second kappa shape index (κ2) is 8.65. The molecule has 7 heteroatoms. The monoisotopic (exact) mass is 418 g/mol. The van der Waals surface area contributed by atoms with Gasteiger partial charge in [-0.15, -0.1) is 0 Å². The van der Waals surface area contributed by atoms with Crippen molar-refractivity contribution in [1.82, 2.24) is 14.5 Å². The fourth-order valence-electron chi connectivity index (χ4n) is 3.89. The van der Waals surface area contributed by atoms with Crippen LogP contribution in [0.25, 0.3) is 0 Å². The highest BCUT2D eigenvalue weighted by molar-refractivity contribution is 5.96. The Morgan fingerprint density at radius 2 is 1.52 bits per heavy atom. The van der Waals surface area contributed by atoms with E-state index in [0.29, 0.717) is 19.8 Å². The number of benzene rings is 2. The molecule has 0 saturated heterocycles. The van der Waals surface area contributed by atoms with Gasteiger partial charge in [0, 0.05) is 25.4 Å². The Bertz CT molecular complexity index is 1070. The normalized spacial score (nSPS) is 13.7. The standard InChI is InChI=1S/C24H26N4O3/c1-25(2)15-16-26-17-28(27-14-13-20(29)23(30)22(27)24(26)31)21(18-9-5-3-6-10-18)19-11-7-4-8-12-19/h3-14,21,30H,15-17H2,1-2H3. The molecule has 4 rings (SSSR count). The first-order valence-corrected chi connectivity index (χ1v) is 10.2. The van der Waals surface area contributed by atoms with Crippen LogP contribution in [0.5, 0.6) is 5.75 Å². The van der Waals surface area contributed by atoms with E-state index in [9.17, 15) is 14.7 Å². The van der Waals surface area contributed by atoms with Gasteiger partial charge in [-0.3, -0.25) is 19.3 Å². The molecule has 3 aromatic rings. The van der Waals surface area contributed by atoms with Crippen LogP contribution in [0.4, 0.5) is 0 Å². The zero-order valence-corrected chi connectivity index (χ0v) is 17.7. The number of carbonyl (C=O) groups excluding carboxylic acids is 1. The highest BCUT2D eigenvalue weighted by atomic mass is 16.3. The van der Waals surface area contributed by atoms with Crippen molar-refractivity contribution in [2.45, 2.75) is 6.04 Å². The summed E-state index contributed by atoms with van der Waals surface area (Å²) in [7, 11) is 3.89. The number of amides is 1. The summed E-state index contributed by atoms with van der Waals surface area (Å²) in [6, 6.07) is 21.1. The molecule has 0 fully saturated rings. The maximum absolute atomic E-state index is 13.2. The van der Waals surface area contributed by atoms with Gasteiger partial charge in [0.05, 0.1) is 6.04 Å². The first-order chi connectivity index (χ1) is 15.0. The molecule has 1 aliphatic rings. The van der Waals surface area contributed by atoms with E-state index in [-0.39, 0.29) is 17.6 Å². The van der Waals surface area contributed by atoms with E-state index < -0.39 is 11.2 Å². The molecular weight excluding hydrogens is 392 g/mol. The summed E-state index contributed by atoms with van der Waals surface area (Å²) in [6.07, 6.45) is 1.57. The average Bonchev–Trinajstić information content (AvgIpc) is 2.78. The molecule has 31 heavy (non-hydrogen) atoms. The first kappa shape index (κ1) is 20.7. The number of hydrogen-bond donors (Lipinski definition) is 1. The van der Waals surface area contributed by atoms with Crippen molar-refractivity contribution < 1.29 is 9.90 Å². The second-order valence-electron chi connectivity index (χ2n) is 7.90. The van der Waals surface area contributed by atoms with Crippen LogP contribution >= 0.6 is 0 Å². The minimum absolute atomic E-state index is 0.00521. The molecule has 1 N–H and O–H groups in total. The molecule has 7 nitrogen and oxygen atoms in total. The SMILES string of the molecule is CN(C)CCN1CN(C(c2ccccc2)c2ccccc2)n2ccc(=O)c(O)c2C1=O.